The normalized spacial score (nSPS) is 28.9. The number of hydrogen-bond donors (Lipinski definition) is 3. The van der Waals surface area contributed by atoms with E-state index in [-0.39, 0.29) is 17.7 Å². The first-order valence-electron chi connectivity index (χ1n) is 7.45. The Kier molecular flexibility index (Phi) is 5.27. The van der Waals surface area contributed by atoms with Crippen LogP contribution in [-0.2, 0) is 10.0 Å². The molecule has 3 atom stereocenters. The molecule has 128 valence electrons. The zero-order chi connectivity index (χ0) is 17.3. The van der Waals surface area contributed by atoms with Crippen molar-refractivity contribution in [1.82, 2.24) is 4.31 Å². The van der Waals surface area contributed by atoms with Gasteiger partial charge < -0.3 is 15.3 Å². The van der Waals surface area contributed by atoms with E-state index in [1.165, 1.54) is 18.2 Å². The summed E-state index contributed by atoms with van der Waals surface area (Å²) >= 11 is 0. The van der Waals surface area contributed by atoms with E-state index in [0.29, 0.717) is 0 Å². The van der Waals surface area contributed by atoms with Crippen molar-refractivity contribution in [3.05, 3.63) is 42.5 Å². The lowest BCUT2D eigenvalue weighted by Crippen LogP contribution is -2.50. The summed E-state index contributed by atoms with van der Waals surface area (Å²) in [4.78, 5) is 0.0721. The summed E-state index contributed by atoms with van der Waals surface area (Å²) in [5, 5.41) is 30.0. The fourth-order valence-electron chi connectivity index (χ4n) is 3.19. The summed E-state index contributed by atoms with van der Waals surface area (Å²) in [6.07, 6.45) is 1.67. The molecule has 2 rings (SSSR count). The van der Waals surface area contributed by atoms with Gasteiger partial charge in [-0.2, -0.15) is 4.31 Å². The second-order valence-electron chi connectivity index (χ2n) is 5.98. The molecule has 0 aliphatic carbocycles. The van der Waals surface area contributed by atoms with Crippen LogP contribution in [-0.4, -0.2) is 58.9 Å². The number of benzene rings is 1. The van der Waals surface area contributed by atoms with E-state index < -0.39 is 40.9 Å². The molecule has 1 saturated heterocycles. The molecule has 1 fully saturated rings. The molecular weight excluding hydrogens is 318 g/mol. The van der Waals surface area contributed by atoms with Crippen LogP contribution in [0.4, 0.5) is 0 Å². The highest BCUT2D eigenvalue weighted by Crippen LogP contribution is 2.39. The van der Waals surface area contributed by atoms with Crippen LogP contribution in [0.1, 0.15) is 18.4 Å². The van der Waals surface area contributed by atoms with Crippen LogP contribution in [0, 0.1) is 6.92 Å². The van der Waals surface area contributed by atoms with E-state index in [1.807, 2.05) is 6.92 Å². The maximum atomic E-state index is 12.9. The molecule has 7 heteroatoms. The molecule has 0 radical (unpaired) electrons. The van der Waals surface area contributed by atoms with Crippen molar-refractivity contribution in [2.45, 2.75) is 42.3 Å². The van der Waals surface area contributed by atoms with Gasteiger partial charge in [0.15, 0.2) is 0 Å². The highest BCUT2D eigenvalue weighted by atomic mass is 32.2. The third kappa shape index (κ3) is 3.20. The third-order valence-electron chi connectivity index (χ3n) is 4.35. The lowest BCUT2D eigenvalue weighted by Gasteiger charge is -2.32. The molecule has 0 amide bonds. The summed E-state index contributed by atoms with van der Waals surface area (Å²) in [6, 6.07) is 4.52. The Balaban J connectivity index is 2.49. The number of hydrogen-bond acceptors (Lipinski definition) is 5. The smallest absolute Gasteiger partial charge is 0.243 e. The van der Waals surface area contributed by atoms with E-state index in [0.717, 1.165) is 9.87 Å². The first kappa shape index (κ1) is 18.1. The van der Waals surface area contributed by atoms with Gasteiger partial charge in [0.2, 0.25) is 10.0 Å². The number of nitrogens with zero attached hydrogens (tertiary/aromatic N) is 1. The molecule has 0 spiro atoms. The topological polar surface area (TPSA) is 98.1 Å². The summed E-state index contributed by atoms with van der Waals surface area (Å²) in [5.74, 6) is 0. The van der Waals surface area contributed by atoms with E-state index in [1.54, 1.807) is 12.1 Å². The van der Waals surface area contributed by atoms with Gasteiger partial charge in [-0.05, 0) is 31.9 Å². The predicted octanol–water partition coefficient (Wildman–Crippen LogP) is 0.418. The maximum Gasteiger partial charge on any atom is 0.243 e. The largest absolute Gasteiger partial charge is 0.395 e. The van der Waals surface area contributed by atoms with Gasteiger partial charge in [-0.1, -0.05) is 23.8 Å². The maximum absolute atomic E-state index is 12.9. The molecule has 0 aromatic heterocycles. The van der Waals surface area contributed by atoms with Crippen molar-refractivity contribution in [2.75, 3.05) is 13.2 Å². The van der Waals surface area contributed by atoms with E-state index >= 15 is 0 Å². The first-order valence-corrected chi connectivity index (χ1v) is 8.89. The molecule has 1 aliphatic heterocycles. The van der Waals surface area contributed by atoms with Crippen molar-refractivity contribution in [3.8, 4) is 0 Å². The second kappa shape index (κ2) is 6.70. The minimum absolute atomic E-state index is 0.0475. The van der Waals surface area contributed by atoms with Gasteiger partial charge in [0.25, 0.3) is 0 Å². The van der Waals surface area contributed by atoms with Gasteiger partial charge in [-0.15, -0.1) is 6.58 Å². The summed E-state index contributed by atoms with van der Waals surface area (Å²) in [7, 11) is -3.95. The highest BCUT2D eigenvalue weighted by molar-refractivity contribution is 7.89. The second-order valence-corrected chi connectivity index (χ2v) is 7.83. The number of aliphatic hydroxyl groups is 3. The van der Waals surface area contributed by atoms with Gasteiger partial charge in [0.1, 0.15) is 0 Å². The Hall–Kier alpha value is -1.25. The monoisotopic (exact) mass is 341 g/mol. The molecule has 1 heterocycles. The quantitative estimate of drug-likeness (QED) is 0.652. The predicted molar refractivity (Wildman–Crippen MR) is 86.3 cm³/mol. The van der Waals surface area contributed by atoms with Gasteiger partial charge in [0.05, 0.1) is 35.8 Å². The Morgan fingerprint density at radius 1 is 1.30 bits per heavy atom. The number of rotatable bonds is 6. The fraction of sp³-hybridized carbons (Fsp3) is 0.500. The molecule has 0 bridgehead atoms. The molecular formula is C16H23NO5S. The van der Waals surface area contributed by atoms with Crippen LogP contribution in [0.25, 0.3) is 0 Å². The van der Waals surface area contributed by atoms with E-state index in [9.17, 15) is 23.7 Å². The van der Waals surface area contributed by atoms with Crippen molar-refractivity contribution < 1.29 is 23.7 Å². The Labute approximate surface area is 136 Å². The number of aryl methyl sites for hydroxylation is 1. The Morgan fingerprint density at radius 3 is 2.39 bits per heavy atom. The lowest BCUT2D eigenvalue weighted by molar-refractivity contribution is -0.00171. The van der Waals surface area contributed by atoms with Gasteiger partial charge >= 0.3 is 0 Å². The van der Waals surface area contributed by atoms with Crippen LogP contribution in [0.5, 0.6) is 0 Å². The van der Waals surface area contributed by atoms with Crippen LogP contribution in [0.2, 0.25) is 0 Å². The zero-order valence-corrected chi connectivity index (χ0v) is 13.9. The molecule has 23 heavy (non-hydrogen) atoms. The van der Waals surface area contributed by atoms with Crippen LogP contribution < -0.4 is 0 Å². The molecule has 0 unspecified atom stereocenters. The minimum atomic E-state index is -3.95. The van der Waals surface area contributed by atoms with E-state index in [2.05, 4.69) is 6.58 Å². The fourth-order valence-corrected chi connectivity index (χ4v) is 5.04. The SMILES string of the molecule is C=CC[C@]1(O)C[C@@H](CO)N(S(=O)(=O)c2ccc(C)cc2)[C@H]1CO. The first-order chi connectivity index (χ1) is 10.8. The Morgan fingerprint density at radius 2 is 1.91 bits per heavy atom. The number of sulfonamides is 1. The molecule has 3 N–H and O–H groups in total. The van der Waals surface area contributed by atoms with Crippen molar-refractivity contribution in [2.24, 2.45) is 0 Å². The molecule has 0 saturated carbocycles. The minimum Gasteiger partial charge on any atom is -0.395 e. The number of aliphatic hydroxyl groups excluding tert-OH is 2. The molecule has 1 aromatic carbocycles. The Bertz CT molecular complexity index is 658. The van der Waals surface area contributed by atoms with Gasteiger partial charge in [-0.3, -0.25) is 0 Å². The summed E-state index contributed by atoms with van der Waals surface area (Å²) in [6.45, 7) is 4.46. The average Bonchev–Trinajstić information content (AvgIpc) is 2.80. The van der Waals surface area contributed by atoms with Crippen LogP contribution in [0.3, 0.4) is 0 Å². The van der Waals surface area contributed by atoms with Crippen molar-refractivity contribution >= 4 is 10.0 Å². The van der Waals surface area contributed by atoms with Crippen LogP contribution >= 0.6 is 0 Å². The average molecular weight is 341 g/mol. The molecule has 1 aliphatic rings. The lowest BCUT2D eigenvalue weighted by atomic mass is 9.90. The standard InChI is InChI=1S/C16H23NO5S/c1-3-8-16(20)9-13(10-18)17(15(16)11-19)23(21,22)14-6-4-12(2)5-7-14/h3-7,13,15,18-20H,1,8-11H2,2H3/t13-,15-,16-/m0/s1. The molecule has 1 aromatic rings. The van der Waals surface area contributed by atoms with E-state index in [4.69, 9.17) is 0 Å². The third-order valence-corrected chi connectivity index (χ3v) is 6.33. The summed E-state index contributed by atoms with van der Waals surface area (Å²) in [5.41, 5.74) is -0.521. The highest BCUT2D eigenvalue weighted by Gasteiger charge is 2.54. The zero-order valence-electron chi connectivity index (χ0n) is 13.1. The van der Waals surface area contributed by atoms with Crippen LogP contribution in [0.15, 0.2) is 41.8 Å². The van der Waals surface area contributed by atoms with Crippen molar-refractivity contribution in [3.63, 3.8) is 0 Å². The van der Waals surface area contributed by atoms with Gasteiger partial charge in [0, 0.05) is 0 Å². The van der Waals surface area contributed by atoms with Crippen molar-refractivity contribution in [1.29, 1.82) is 0 Å². The van der Waals surface area contributed by atoms with Gasteiger partial charge in [-0.25, -0.2) is 8.42 Å². The summed E-state index contributed by atoms with van der Waals surface area (Å²) < 4.78 is 26.9. The molecule has 6 nitrogen and oxygen atoms in total.